The third kappa shape index (κ3) is 4.75. The van der Waals surface area contributed by atoms with Crippen molar-refractivity contribution in [3.8, 4) is 11.4 Å². The number of amides is 1. The van der Waals surface area contributed by atoms with Gasteiger partial charge in [-0.05, 0) is 69.7 Å². The van der Waals surface area contributed by atoms with Crippen LogP contribution in [0.2, 0.25) is 5.02 Å². The second-order valence-electron chi connectivity index (χ2n) is 8.35. The van der Waals surface area contributed by atoms with E-state index in [1.807, 2.05) is 6.92 Å². The Morgan fingerprint density at radius 2 is 1.91 bits per heavy atom. The van der Waals surface area contributed by atoms with Gasteiger partial charge >= 0.3 is 6.09 Å². The van der Waals surface area contributed by atoms with Crippen molar-refractivity contribution in [2.45, 2.75) is 33.3 Å². The molecule has 0 fully saturated rings. The highest BCUT2D eigenvalue weighted by molar-refractivity contribution is 6.30. The number of benzene rings is 1. The summed E-state index contributed by atoms with van der Waals surface area (Å²) in [7, 11) is 0. The molecule has 1 amide bonds. The number of rotatable bonds is 3. The first-order chi connectivity index (χ1) is 15.6. The quantitative estimate of drug-likeness (QED) is 0.355. The van der Waals surface area contributed by atoms with Gasteiger partial charge < -0.3 is 4.74 Å². The highest BCUT2D eigenvalue weighted by atomic mass is 35.5. The average Bonchev–Trinajstić information content (AvgIpc) is 2.75. The molecule has 0 unspecified atom stereocenters. The van der Waals surface area contributed by atoms with Crippen LogP contribution in [0.15, 0.2) is 55.0 Å². The molecule has 0 saturated heterocycles. The van der Waals surface area contributed by atoms with E-state index in [2.05, 4.69) is 19.9 Å². The van der Waals surface area contributed by atoms with Crippen LogP contribution in [0.3, 0.4) is 0 Å². The second kappa shape index (κ2) is 8.71. The average molecular weight is 466 g/mol. The normalized spacial score (nSPS) is 11.5. The number of hydrogen-bond donors (Lipinski definition) is 0. The molecule has 0 aliphatic rings. The van der Waals surface area contributed by atoms with Crippen LogP contribution >= 0.6 is 11.6 Å². The van der Waals surface area contributed by atoms with E-state index in [0.29, 0.717) is 16.1 Å². The van der Waals surface area contributed by atoms with E-state index in [1.165, 1.54) is 23.1 Å². The summed E-state index contributed by atoms with van der Waals surface area (Å²) in [5.41, 5.74) is 0.846. The number of anilines is 2. The summed E-state index contributed by atoms with van der Waals surface area (Å²) < 4.78 is 20.4. The number of aryl methyl sites for hydroxylation is 1. The number of pyridine rings is 2. The first-order valence-electron chi connectivity index (χ1n) is 10.2. The number of halogens is 2. The van der Waals surface area contributed by atoms with Gasteiger partial charge in [0.2, 0.25) is 0 Å². The van der Waals surface area contributed by atoms with Crippen molar-refractivity contribution >= 4 is 40.2 Å². The molecule has 0 saturated carbocycles. The maximum atomic E-state index is 14.7. The summed E-state index contributed by atoms with van der Waals surface area (Å²) in [5.74, 6) is -0.313. The van der Waals surface area contributed by atoms with Gasteiger partial charge in [0, 0.05) is 23.6 Å². The van der Waals surface area contributed by atoms with Crippen LogP contribution in [0.5, 0.6) is 0 Å². The number of hydrogen-bond acceptors (Lipinski definition) is 6. The predicted octanol–water partition coefficient (Wildman–Crippen LogP) is 6.26. The van der Waals surface area contributed by atoms with Crippen LogP contribution in [-0.2, 0) is 4.74 Å². The Labute approximate surface area is 195 Å². The van der Waals surface area contributed by atoms with Gasteiger partial charge in [-0.2, -0.15) is 0 Å². The van der Waals surface area contributed by atoms with E-state index in [-0.39, 0.29) is 22.9 Å². The fraction of sp³-hybridized carbons (Fsp3) is 0.208. The lowest BCUT2D eigenvalue weighted by atomic mass is 10.1. The number of fused-ring (bicyclic) bond motifs is 1. The van der Waals surface area contributed by atoms with Crippen LogP contribution in [-0.4, -0.2) is 31.6 Å². The fourth-order valence-electron chi connectivity index (χ4n) is 3.23. The molecule has 0 aliphatic heterocycles. The maximum Gasteiger partial charge on any atom is 0.420 e. The Bertz CT molecular complexity index is 1360. The minimum atomic E-state index is -0.765. The lowest BCUT2D eigenvalue weighted by Crippen LogP contribution is -2.35. The molecule has 4 aromatic rings. The molecule has 7 nitrogen and oxygen atoms in total. The molecule has 3 heterocycles. The van der Waals surface area contributed by atoms with Gasteiger partial charge in [0.15, 0.2) is 17.3 Å². The Morgan fingerprint density at radius 3 is 2.64 bits per heavy atom. The van der Waals surface area contributed by atoms with Gasteiger partial charge in [-0.15, -0.1) is 0 Å². The zero-order chi connectivity index (χ0) is 23.8. The van der Waals surface area contributed by atoms with Crippen molar-refractivity contribution in [1.82, 2.24) is 19.9 Å². The molecule has 9 heteroatoms. The lowest BCUT2D eigenvalue weighted by Gasteiger charge is -2.28. The van der Waals surface area contributed by atoms with Crippen molar-refractivity contribution < 1.29 is 13.9 Å². The van der Waals surface area contributed by atoms with Gasteiger partial charge in [-0.25, -0.2) is 29.0 Å². The monoisotopic (exact) mass is 465 g/mol. The standard InChI is InChI=1S/C24H21ClFN5O2/c1-14-13-27-11-9-19(14)31(23(32)33-24(2,3)4)22-16-6-5-10-28-20(16)29-21(30-22)17-12-15(25)7-8-18(17)26/h5-13H,1-4H3. The second-order valence-corrected chi connectivity index (χ2v) is 8.78. The van der Waals surface area contributed by atoms with Crippen LogP contribution in [0, 0.1) is 12.7 Å². The molecule has 1 aromatic carbocycles. The van der Waals surface area contributed by atoms with Gasteiger partial charge in [-0.3, -0.25) is 4.98 Å². The molecular weight excluding hydrogens is 445 g/mol. The molecule has 33 heavy (non-hydrogen) atoms. The van der Waals surface area contributed by atoms with Crippen LogP contribution in [0.4, 0.5) is 20.7 Å². The Morgan fingerprint density at radius 1 is 1.12 bits per heavy atom. The SMILES string of the molecule is Cc1cnccc1N(C(=O)OC(C)(C)C)c1nc(-c2cc(Cl)ccc2F)nc2ncccc12. The Hall–Kier alpha value is -3.65. The van der Waals surface area contributed by atoms with E-state index >= 15 is 0 Å². The van der Waals surface area contributed by atoms with Gasteiger partial charge in [0.1, 0.15) is 11.4 Å². The van der Waals surface area contributed by atoms with Gasteiger partial charge in [-0.1, -0.05) is 11.6 Å². The van der Waals surface area contributed by atoms with E-state index in [0.717, 1.165) is 5.56 Å². The highest BCUT2D eigenvalue weighted by Crippen LogP contribution is 2.35. The van der Waals surface area contributed by atoms with E-state index in [1.54, 1.807) is 57.6 Å². The topological polar surface area (TPSA) is 81.1 Å². The third-order valence-corrected chi connectivity index (χ3v) is 4.88. The van der Waals surface area contributed by atoms with Gasteiger partial charge in [0.05, 0.1) is 16.6 Å². The molecular formula is C24H21ClFN5O2. The summed E-state index contributed by atoms with van der Waals surface area (Å²) >= 11 is 6.10. The number of carbonyl (C=O) groups excluding carboxylic acids is 1. The summed E-state index contributed by atoms with van der Waals surface area (Å²) in [6.07, 6.45) is 4.11. The lowest BCUT2D eigenvalue weighted by molar-refractivity contribution is 0.0598. The molecule has 0 N–H and O–H groups in total. The highest BCUT2D eigenvalue weighted by Gasteiger charge is 2.29. The molecule has 0 spiro atoms. The number of aromatic nitrogens is 4. The zero-order valence-electron chi connectivity index (χ0n) is 18.5. The fourth-order valence-corrected chi connectivity index (χ4v) is 3.40. The van der Waals surface area contributed by atoms with Crippen molar-refractivity contribution in [3.05, 3.63) is 71.4 Å². The summed E-state index contributed by atoms with van der Waals surface area (Å²) in [5, 5.41) is 0.817. The first kappa shape index (κ1) is 22.5. The third-order valence-electron chi connectivity index (χ3n) is 4.64. The molecule has 0 aliphatic carbocycles. The van der Waals surface area contributed by atoms with Crippen molar-refractivity contribution in [2.24, 2.45) is 0 Å². The van der Waals surface area contributed by atoms with Crippen LogP contribution in [0.25, 0.3) is 22.4 Å². The van der Waals surface area contributed by atoms with Gasteiger partial charge in [0.25, 0.3) is 0 Å². The Balaban J connectivity index is 2.02. The zero-order valence-corrected chi connectivity index (χ0v) is 19.3. The smallest absolute Gasteiger partial charge is 0.420 e. The number of ether oxygens (including phenoxy) is 1. The van der Waals surface area contributed by atoms with Crippen LogP contribution < -0.4 is 4.90 Å². The maximum absolute atomic E-state index is 14.7. The molecule has 0 bridgehead atoms. The Kier molecular flexibility index (Phi) is 5.95. The van der Waals surface area contributed by atoms with E-state index in [4.69, 9.17) is 16.3 Å². The summed E-state index contributed by atoms with van der Waals surface area (Å²) in [6, 6.07) is 9.24. The van der Waals surface area contributed by atoms with Crippen molar-refractivity contribution in [1.29, 1.82) is 0 Å². The number of carbonyl (C=O) groups is 1. The molecule has 0 atom stereocenters. The first-order valence-corrected chi connectivity index (χ1v) is 10.5. The predicted molar refractivity (Wildman–Crippen MR) is 125 cm³/mol. The molecule has 168 valence electrons. The molecule has 3 aromatic heterocycles. The molecule has 0 radical (unpaired) electrons. The minimum Gasteiger partial charge on any atom is -0.443 e. The van der Waals surface area contributed by atoms with Crippen LogP contribution in [0.1, 0.15) is 26.3 Å². The summed E-state index contributed by atoms with van der Waals surface area (Å²) in [6.45, 7) is 7.14. The molecule has 4 rings (SSSR count). The summed E-state index contributed by atoms with van der Waals surface area (Å²) in [4.78, 5) is 32.2. The van der Waals surface area contributed by atoms with Crippen molar-refractivity contribution in [2.75, 3.05) is 4.90 Å². The van der Waals surface area contributed by atoms with E-state index in [9.17, 15) is 9.18 Å². The van der Waals surface area contributed by atoms with E-state index < -0.39 is 17.5 Å². The largest absolute Gasteiger partial charge is 0.443 e. The number of nitrogens with zero attached hydrogens (tertiary/aromatic N) is 5. The van der Waals surface area contributed by atoms with Crippen molar-refractivity contribution in [3.63, 3.8) is 0 Å². The minimum absolute atomic E-state index is 0.0384.